The number of aromatic nitrogens is 2. The van der Waals surface area contributed by atoms with Crippen molar-refractivity contribution in [1.29, 1.82) is 0 Å². The van der Waals surface area contributed by atoms with E-state index in [1.54, 1.807) is 0 Å². The Labute approximate surface area is 123 Å². The van der Waals surface area contributed by atoms with Crippen LogP contribution < -0.4 is 0 Å². The predicted molar refractivity (Wildman–Crippen MR) is 79.0 cm³/mol. The first-order valence-corrected chi connectivity index (χ1v) is 7.54. The van der Waals surface area contributed by atoms with E-state index >= 15 is 0 Å². The molecule has 0 bridgehead atoms. The highest BCUT2D eigenvalue weighted by atomic mass is 16.5. The Bertz CT molecular complexity index is 649. The van der Waals surface area contributed by atoms with Gasteiger partial charge in [0.2, 0.25) is 0 Å². The van der Waals surface area contributed by atoms with Crippen molar-refractivity contribution in [1.82, 2.24) is 14.9 Å². The maximum Gasteiger partial charge on any atom is 0.254 e. The standard InChI is InChI=1S/C16H19N3O2/c1-16(7-4-8-21-16)15(20)19-9-11(10-19)14-17-12-5-2-3-6-13(12)18-14/h2-3,5-6,11H,4,7-10H2,1H3,(H,17,18). The van der Waals surface area contributed by atoms with Crippen molar-refractivity contribution < 1.29 is 9.53 Å². The van der Waals surface area contributed by atoms with Gasteiger partial charge in [-0.3, -0.25) is 4.79 Å². The van der Waals surface area contributed by atoms with E-state index in [1.807, 2.05) is 36.1 Å². The monoisotopic (exact) mass is 285 g/mol. The number of benzene rings is 1. The number of H-pyrrole nitrogens is 1. The zero-order valence-electron chi connectivity index (χ0n) is 12.1. The number of amides is 1. The number of rotatable bonds is 2. The van der Waals surface area contributed by atoms with Crippen LogP contribution >= 0.6 is 0 Å². The van der Waals surface area contributed by atoms with Crippen LogP contribution in [0.5, 0.6) is 0 Å². The molecule has 1 aromatic heterocycles. The summed E-state index contributed by atoms with van der Waals surface area (Å²) in [4.78, 5) is 22.3. The van der Waals surface area contributed by atoms with Crippen molar-refractivity contribution in [3.63, 3.8) is 0 Å². The molecule has 5 nitrogen and oxygen atoms in total. The van der Waals surface area contributed by atoms with Crippen LogP contribution in [-0.4, -0.2) is 46.1 Å². The molecular formula is C16H19N3O2. The van der Waals surface area contributed by atoms with E-state index in [0.717, 1.165) is 42.8 Å². The molecule has 2 aromatic rings. The highest BCUT2D eigenvalue weighted by Crippen LogP contribution is 2.33. The molecular weight excluding hydrogens is 266 g/mol. The molecule has 0 radical (unpaired) electrons. The lowest BCUT2D eigenvalue weighted by Crippen LogP contribution is -2.56. The minimum Gasteiger partial charge on any atom is -0.365 e. The van der Waals surface area contributed by atoms with Crippen LogP contribution in [0.2, 0.25) is 0 Å². The molecule has 4 rings (SSSR count). The summed E-state index contributed by atoms with van der Waals surface area (Å²) in [6, 6.07) is 8.02. The number of ether oxygens (including phenoxy) is 1. The molecule has 0 saturated carbocycles. The van der Waals surface area contributed by atoms with E-state index in [-0.39, 0.29) is 5.91 Å². The van der Waals surface area contributed by atoms with Crippen molar-refractivity contribution in [2.24, 2.45) is 0 Å². The number of hydrogen-bond acceptors (Lipinski definition) is 3. The normalized spacial score (nSPS) is 26.2. The second-order valence-corrected chi connectivity index (χ2v) is 6.23. The fourth-order valence-electron chi connectivity index (χ4n) is 3.27. The Morgan fingerprint density at radius 2 is 2.24 bits per heavy atom. The summed E-state index contributed by atoms with van der Waals surface area (Å²) in [5, 5.41) is 0. The molecule has 0 spiro atoms. The lowest BCUT2D eigenvalue weighted by Gasteiger charge is -2.41. The number of likely N-dealkylation sites (tertiary alicyclic amines) is 1. The maximum atomic E-state index is 12.5. The van der Waals surface area contributed by atoms with Gasteiger partial charge >= 0.3 is 0 Å². The first-order chi connectivity index (χ1) is 10.2. The summed E-state index contributed by atoms with van der Waals surface area (Å²) >= 11 is 0. The average molecular weight is 285 g/mol. The number of carbonyl (C=O) groups excluding carboxylic acids is 1. The van der Waals surface area contributed by atoms with Crippen molar-refractivity contribution in [2.45, 2.75) is 31.3 Å². The summed E-state index contributed by atoms with van der Waals surface area (Å²) in [6.45, 7) is 4.08. The lowest BCUT2D eigenvalue weighted by atomic mass is 9.94. The zero-order chi connectivity index (χ0) is 14.4. The number of aromatic amines is 1. The molecule has 1 unspecified atom stereocenters. The minimum atomic E-state index is -0.598. The summed E-state index contributed by atoms with van der Waals surface area (Å²) in [7, 11) is 0. The van der Waals surface area contributed by atoms with Gasteiger partial charge in [-0.1, -0.05) is 12.1 Å². The van der Waals surface area contributed by atoms with Gasteiger partial charge in [0.05, 0.1) is 17.0 Å². The average Bonchev–Trinajstić information content (AvgIpc) is 3.03. The highest BCUT2D eigenvalue weighted by molar-refractivity contribution is 5.86. The summed E-state index contributed by atoms with van der Waals surface area (Å²) in [5.74, 6) is 1.43. The Kier molecular flexibility index (Phi) is 2.79. The van der Waals surface area contributed by atoms with Crippen molar-refractivity contribution in [2.75, 3.05) is 19.7 Å². The number of fused-ring (bicyclic) bond motifs is 1. The third-order valence-electron chi connectivity index (χ3n) is 4.63. The van der Waals surface area contributed by atoms with Gasteiger partial charge in [-0.15, -0.1) is 0 Å². The van der Waals surface area contributed by atoms with Crippen LogP contribution in [0.25, 0.3) is 11.0 Å². The van der Waals surface area contributed by atoms with E-state index in [4.69, 9.17) is 4.74 Å². The molecule has 2 saturated heterocycles. The molecule has 1 atom stereocenters. The Balaban J connectivity index is 1.46. The van der Waals surface area contributed by atoms with Crippen LogP contribution in [0.1, 0.15) is 31.5 Å². The first kappa shape index (κ1) is 12.8. The number of imidazole rings is 1. The number of nitrogens with zero attached hydrogens (tertiary/aromatic N) is 2. The van der Waals surface area contributed by atoms with E-state index in [0.29, 0.717) is 12.5 Å². The first-order valence-electron chi connectivity index (χ1n) is 7.54. The molecule has 2 fully saturated rings. The largest absolute Gasteiger partial charge is 0.365 e. The van der Waals surface area contributed by atoms with Crippen LogP contribution in [0, 0.1) is 0 Å². The quantitative estimate of drug-likeness (QED) is 0.919. The van der Waals surface area contributed by atoms with Gasteiger partial charge in [0.25, 0.3) is 5.91 Å². The number of nitrogens with one attached hydrogen (secondary N) is 1. The minimum absolute atomic E-state index is 0.132. The molecule has 110 valence electrons. The van der Waals surface area contributed by atoms with Gasteiger partial charge < -0.3 is 14.6 Å². The van der Waals surface area contributed by atoms with Gasteiger partial charge in [0, 0.05) is 19.7 Å². The third-order valence-corrected chi connectivity index (χ3v) is 4.63. The Morgan fingerprint density at radius 3 is 2.95 bits per heavy atom. The van der Waals surface area contributed by atoms with Crippen molar-refractivity contribution in [3.8, 4) is 0 Å². The SMILES string of the molecule is CC1(C(=O)N2CC(c3nc4ccccc4[nH]3)C2)CCCO1. The second kappa shape index (κ2) is 4.56. The van der Waals surface area contributed by atoms with Gasteiger partial charge in [-0.25, -0.2) is 4.98 Å². The number of carbonyl (C=O) groups is 1. The van der Waals surface area contributed by atoms with Gasteiger partial charge in [-0.05, 0) is 31.9 Å². The van der Waals surface area contributed by atoms with Crippen LogP contribution in [0.3, 0.4) is 0 Å². The predicted octanol–water partition coefficient (Wildman–Crippen LogP) is 2.06. The molecule has 0 aliphatic carbocycles. The van der Waals surface area contributed by atoms with Crippen molar-refractivity contribution >= 4 is 16.9 Å². The van der Waals surface area contributed by atoms with E-state index in [9.17, 15) is 4.79 Å². The topological polar surface area (TPSA) is 58.2 Å². The highest BCUT2D eigenvalue weighted by Gasteiger charge is 2.45. The van der Waals surface area contributed by atoms with Crippen LogP contribution in [0.4, 0.5) is 0 Å². The Morgan fingerprint density at radius 1 is 1.43 bits per heavy atom. The van der Waals surface area contributed by atoms with Crippen LogP contribution in [-0.2, 0) is 9.53 Å². The molecule has 1 N–H and O–H groups in total. The fraction of sp³-hybridized carbons (Fsp3) is 0.500. The fourth-order valence-corrected chi connectivity index (χ4v) is 3.27. The van der Waals surface area contributed by atoms with Crippen LogP contribution in [0.15, 0.2) is 24.3 Å². The molecule has 2 aliphatic rings. The van der Waals surface area contributed by atoms with E-state index in [1.165, 1.54) is 0 Å². The summed E-state index contributed by atoms with van der Waals surface area (Å²) in [5.41, 5.74) is 1.45. The van der Waals surface area contributed by atoms with Crippen molar-refractivity contribution in [3.05, 3.63) is 30.1 Å². The maximum absolute atomic E-state index is 12.5. The summed E-state index contributed by atoms with van der Waals surface area (Å²) in [6.07, 6.45) is 1.81. The second-order valence-electron chi connectivity index (χ2n) is 6.23. The smallest absolute Gasteiger partial charge is 0.254 e. The van der Waals surface area contributed by atoms with E-state index < -0.39 is 5.60 Å². The molecule has 21 heavy (non-hydrogen) atoms. The number of para-hydroxylation sites is 2. The molecule has 1 amide bonds. The zero-order valence-corrected chi connectivity index (χ0v) is 12.1. The van der Waals surface area contributed by atoms with Gasteiger partial charge in [0.1, 0.15) is 11.4 Å². The molecule has 3 heterocycles. The molecule has 1 aromatic carbocycles. The molecule has 5 heteroatoms. The Hall–Kier alpha value is -1.88. The lowest BCUT2D eigenvalue weighted by molar-refractivity contribution is -0.155. The summed E-state index contributed by atoms with van der Waals surface area (Å²) < 4.78 is 5.63. The molecule has 2 aliphatic heterocycles. The van der Waals surface area contributed by atoms with Gasteiger partial charge in [-0.2, -0.15) is 0 Å². The third kappa shape index (κ3) is 2.03. The van der Waals surface area contributed by atoms with E-state index in [2.05, 4.69) is 9.97 Å². The van der Waals surface area contributed by atoms with Gasteiger partial charge in [0.15, 0.2) is 0 Å². The number of hydrogen-bond donors (Lipinski definition) is 1.